The molecule has 0 saturated carbocycles. The number of hydrogen-bond acceptors (Lipinski definition) is 5. The molecule has 3 rings (SSSR count). The average molecular weight is 303 g/mol. The van der Waals surface area contributed by atoms with Crippen molar-refractivity contribution >= 4 is 5.91 Å². The molecular formula is C16H21N3O3. The van der Waals surface area contributed by atoms with Gasteiger partial charge in [0.25, 0.3) is 5.91 Å². The second kappa shape index (κ2) is 6.34. The van der Waals surface area contributed by atoms with E-state index in [1.165, 1.54) is 0 Å². The summed E-state index contributed by atoms with van der Waals surface area (Å²) in [5.41, 5.74) is 0.611. The summed E-state index contributed by atoms with van der Waals surface area (Å²) in [5.74, 6) is 1.89. The SMILES string of the molecule is CCCc1noc(C2CCCCN2C(=O)c2ccoc2C)n1. The Morgan fingerprint density at radius 3 is 3.05 bits per heavy atom. The van der Waals surface area contributed by atoms with E-state index in [-0.39, 0.29) is 11.9 Å². The Hall–Kier alpha value is -2.11. The number of piperidine rings is 1. The van der Waals surface area contributed by atoms with Crippen molar-refractivity contribution in [2.75, 3.05) is 6.54 Å². The van der Waals surface area contributed by atoms with Crippen LogP contribution >= 0.6 is 0 Å². The van der Waals surface area contributed by atoms with Gasteiger partial charge in [0.2, 0.25) is 5.89 Å². The van der Waals surface area contributed by atoms with E-state index in [2.05, 4.69) is 17.1 Å². The minimum absolute atomic E-state index is 0.0220. The highest BCUT2D eigenvalue weighted by Crippen LogP contribution is 2.31. The van der Waals surface area contributed by atoms with Gasteiger partial charge in [-0.1, -0.05) is 12.1 Å². The van der Waals surface area contributed by atoms with Crippen LogP contribution in [0.2, 0.25) is 0 Å². The molecule has 0 N–H and O–H groups in total. The smallest absolute Gasteiger partial charge is 0.258 e. The lowest BCUT2D eigenvalue weighted by Gasteiger charge is -2.33. The molecule has 0 bridgehead atoms. The fourth-order valence-electron chi connectivity index (χ4n) is 2.92. The summed E-state index contributed by atoms with van der Waals surface area (Å²) in [6.07, 6.45) is 6.23. The predicted octanol–water partition coefficient (Wildman–Crippen LogP) is 3.29. The zero-order valence-corrected chi connectivity index (χ0v) is 13.0. The maximum absolute atomic E-state index is 12.8. The molecule has 0 aliphatic carbocycles. The Morgan fingerprint density at radius 2 is 2.32 bits per heavy atom. The van der Waals surface area contributed by atoms with Gasteiger partial charge in [-0.3, -0.25) is 4.79 Å². The molecule has 2 aromatic rings. The summed E-state index contributed by atoms with van der Waals surface area (Å²) in [6.45, 7) is 4.59. The first-order valence-corrected chi connectivity index (χ1v) is 7.88. The zero-order chi connectivity index (χ0) is 15.5. The molecule has 0 spiro atoms. The lowest BCUT2D eigenvalue weighted by molar-refractivity contribution is 0.0559. The van der Waals surface area contributed by atoms with Gasteiger partial charge in [0, 0.05) is 13.0 Å². The molecule has 3 heterocycles. The van der Waals surface area contributed by atoms with Crippen molar-refractivity contribution in [3.63, 3.8) is 0 Å². The number of aromatic nitrogens is 2. The number of nitrogens with zero attached hydrogens (tertiary/aromatic N) is 3. The van der Waals surface area contributed by atoms with Crippen molar-refractivity contribution in [3.8, 4) is 0 Å². The molecule has 1 saturated heterocycles. The second-order valence-corrected chi connectivity index (χ2v) is 5.70. The highest BCUT2D eigenvalue weighted by Gasteiger charge is 2.33. The molecule has 118 valence electrons. The number of hydrogen-bond donors (Lipinski definition) is 0. The van der Waals surface area contributed by atoms with Gasteiger partial charge in [-0.05, 0) is 38.7 Å². The van der Waals surface area contributed by atoms with E-state index in [0.29, 0.717) is 23.8 Å². The maximum Gasteiger partial charge on any atom is 0.258 e. The fourth-order valence-corrected chi connectivity index (χ4v) is 2.92. The monoisotopic (exact) mass is 303 g/mol. The van der Waals surface area contributed by atoms with Crippen LogP contribution in [0, 0.1) is 6.92 Å². The van der Waals surface area contributed by atoms with E-state index in [9.17, 15) is 4.79 Å². The zero-order valence-electron chi connectivity index (χ0n) is 13.0. The molecule has 0 radical (unpaired) electrons. The second-order valence-electron chi connectivity index (χ2n) is 5.70. The van der Waals surface area contributed by atoms with Crippen LogP contribution in [-0.2, 0) is 6.42 Å². The molecule has 2 aromatic heterocycles. The minimum Gasteiger partial charge on any atom is -0.469 e. The quantitative estimate of drug-likeness (QED) is 0.866. The first kappa shape index (κ1) is 14.8. The van der Waals surface area contributed by atoms with Gasteiger partial charge in [0.05, 0.1) is 11.8 Å². The van der Waals surface area contributed by atoms with E-state index < -0.39 is 0 Å². The Labute approximate surface area is 129 Å². The van der Waals surface area contributed by atoms with E-state index in [0.717, 1.165) is 37.9 Å². The highest BCUT2D eigenvalue weighted by atomic mass is 16.5. The van der Waals surface area contributed by atoms with Crippen LogP contribution in [-0.4, -0.2) is 27.5 Å². The molecule has 1 amide bonds. The summed E-state index contributed by atoms with van der Waals surface area (Å²) in [7, 11) is 0. The van der Waals surface area contributed by atoms with Crippen LogP contribution in [0.4, 0.5) is 0 Å². The van der Waals surface area contributed by atoms with Crippen LogP contribution in [0.1, 0.15) is 66.5 Å². The van der Waals surface area contributed by atoms with Gasteiger partial charge in [-0.2, -0.15) is 4.98 Å². The third kappa shape index (κ3) is 2.77. The van der Waals surface area contributed by atoms with E-state index in [1.54, 1.807) is 19.3 Å². The Kier molecular flexibility index (Phi) is 4.27. The van der Waals surface area contributed by atoms with Crippen LogP contribution in [0.15, 0.2) is 21.3 Å². The van der Waals surface area contributed by atoms with Crippen molar-refractivity contribution in [2.45, 2.75) is 52.0 Å². The van der Waals surface area contributed by atoms with E-state index >= 15 is 0 Å². The largest absolute Gasteiger partial charge is 0.469 e. The summed E-state index contributed by atoms with van der Waals surface area (Å²) in [6, 6.07) is 1.59. The molecular weight excluding hydrogens is 282 g/mol. The van der Waals surface area contributed by atoms with Crippen molar-refractivity contribution < 1.29 is 13.7 Å². The summed E-state index contributed by atoms with van der Waals surface area (Å²) in [5, 5.41) is 4.01. The van der Waals surface area contributed by atoms with Gasteiger partial charge in [-0.15, -0.1) is 0 Å². The first-order valence-electron chi connectivity index (χ1n) is 7.88. The number of carbonyl (C=O) groups excluding carboxylic acids is 1. The number of rotatable bonds is 4. The topological polar surface area (TPSA) is 72.4 Å². The molecule has 1 aliphatic heterocycles. The fraction of sp³-hybridized carbons (Fsp3) is 0.562. The summed E-state index contributed by atoms with van der Waals surface area (Å²) < 4.78 is 10.7. The average Bonchev–Trinajstić information content (AvgIpc) is 3.16. The van der Waals surface area contributed by atoms with Crippen LogP contribution in [0.25, 0.3) is 0 Å². The van der Waals surface area contributed by atoms with Gasteiger partial charge in [0.1, 0.15) is 11.8 Å². The summed E-state index contributed by atoms with van der Waals surface area (Å²) >= 11 is 0. The minimum atomic E-state index is -0.131. The van der Waals surface area contributed by atoms with E-state index in [1.807, 2.05) is 4.90 Å². The highest BCUT2D eigenvalue weighted by molar-refractivity contribution is 5.95. The Morgan fingerprint density at radius 1 is 1.45 bits per heavy atom. The number of likely N-dealkylation sites (tertiary alicyclic amines) is 1. The Balaban J connectivity index is 1.84. The third-order valence-electron chi connectivity index (χ3n) is 4.10. The number of furan rings is 1. The number of carbonyl (C=O) groups is 1. The van der Waals surface area contributed by atoms with Gasteiger partial charge in [-0.25, -0.2) is 0 Å². The maximum atomic E-state index is 12.8. The van der Waals surface area contributed by atoms with Crippen LogP contribution < -0.4 is 0 Å². The molecule has 0 aromatic carbocycles. The van der Waals surface area contributed by atoms with Gasteiger partial charge >= 0.3 is 0 Å². The standard InChI is InChI=1S/C16H21N3O3/c1-3-6-14-17-15(22-18-14)13-7-4-5-9-19(13)16(20)12-8-10-21-11(12)2/h8,10,13H,3-7,9H2,1-2H3. The predicted molar refractivity (Wildman–Crippen MR) is 79.4 cm³/mol. The molecule has 6 heteroatoms. The van der Waals surface area contributed by atoms with Crippen molar-refractivity contribution in [2.24, 2.45) is 0 Å². The van der Waals surface area contributed by atoms with Crippen LogP contribution in [0.5, 0.6) is 0 Å². The van der Waals surface area contributed by atoms with Gasteiger partial charge < -0.3 is 13.8 Å². The molecule has 1 fully saturated rings. The number of amides is 1. The summed E-state index contributed by atoms with van der Waals surface area (Å²) in [4.78, 5) is 19.1. The van der Waals surface area contributed by atoms with Crippen molar-refractivity contribution in [3.05, 3.63) is 35.4 Å². The lowest BCUT2D eigenvalue weighted by atomic mass is 10.0. The first-order chi connectivity index (χ1) is 10.7. The molecule has 1 aliphatic rings. The number of aryl methyl sites for hydroxylation is 2. The molecule has 1 unspecified atom stereocenters. The third-order valence-corrected chi connectivity index (χ3v) is 4.10. The normalized spacial score (nSPS) is 18.6. The molecule has 1 atom stereocenters. The molecule has 22 heavy (non-hydrogen) atoms. The Bertz CT molecular complexity index is 647. The lowest BCUT2D eigenvalue weighted by Crippen LogP contribution is -2.38. The van der Waals surface area contributed by atoms with Gasteiger partial charge in [0.15, 0.2) is 5.82 Å². The van der Waals surface area contributed by atoms with Crippen LogP contribution in [0.3, 0.4) is 0 Å². The van der Waals surface area contributed by atoms with E-state index in [4.69, 9.17) is 8.94 Å². The molecule has 6 nitrogen and oxygen atoms in total. The van der Waals surface area contributed by atoms with Crippen molar-refractivity contribution in [1.29, 1.82) is 0 Å². The van der Waals surface area contributed by atoms with Crippen molar-refractivity contribution in [1.82, 2.24) is 15.0 Å².